The van der Waals surface area contributed by atoms with Crippen LogP contribution in [0.2, 0.25) is 0 Å². The monoisotopic (exact) mass is 304 g/mol. The van der Waals surface area contributed by atoms with Gasteiger partial charge in [0.1, 0.15) is 0 Å². The second-order valence-corrected chi connectivity index (χ2v) is 6.31. The molecule has 1 aliphatic rings. The summed E-state index contributed by atoms with van der Waals surface area (Å²) in [5, 5.41) is 3.05. The molecule has 1 aromatic rings. The minimum atomic E-state index is -0.480. The molecule has 3 N–H and O–H groups in total. The molecule has 0 aromatic heterocycles. The number of amides is 1. The van der Waals surface area contributed by atoms with Crippen LogP contribution in [0.4, 0.5) is 0 Å². The number of carbonyl (C=O) groups is 1. The van der Waals surface area contributed by atoms with Crippen LogP contribution in [0, 0.1) is 5.41 Å². The fraction of sp³-hybridized carbons (Fsp3) is 0.611. The molecule has 4 nitrogen and oxygen atoms in total. The van der Waals surface area contributed by atoms with Crippen LogP contribution in [0.3, 0.4) is 0 Å². The molecule has 122 valence electrons. The third kappa shape index (κ3) is 4.82. The SMILES string of the molecule is CCOCCC1(CNC(=O)[C@@H](N)Cc2ccccc2)CCC1. The molecule has 0 unspecified atom stereocenters. The summed E-state index contributed by atoms with van der Waals surface area (Å²) in [5.41, 5.74) is 7.35. The van der Waals surface area contributed by atoms with Crippen molar-refractivity contribution in [2.75, 3.05) is 19.8 Å². The number of hydrogen-bond donors (Lipinski definition) is 2. The van der Waals surface area contributed by atoms with Crippen molar-refractivity contribution < 1.29 is 9.53 Å². The maximum Gasteiger partial charge on any atom is 0.237 e. The van der Waals surface area contributed by atoms with Crippen LogP contribution in [-0.2, 0) is 16.0 Å². The first-order valence-corrected chi connectivity index (χ1v) is 8.30. The van der Waals surface area contributed by atoms with Gasteiger partial charge in [-0.1, -0.05) is 36.8 Å². The van der Waals surface area contributed by atoms with Crippen molar-refractivity contribution in [2.24, 2.45) is 11.1 Å². The molecule has 0 aliphatic heterocycles. The van der Waals surface area contributed by atoms with E-state index in [2.05, 4.69) is 5.32 Å². The molecule has 1 amide bonds. The van der Waals surface area contributed by atoms with Crippen molar-refractivity contribution >= 4 is 5.91 Å². The number of carbonyl (C=O) groups excluding carboxylic acids is 1. The normalized spacial score (nSPS) is 17.5. The number of benzene rings is 1. The molecular weight excluding hydrogens is 276 g/mol. The van der Waals surface area contributed by atoms with Crippen molar-refractivity contribution in [3.63, 3.8) is 0 Å². The molecule has 0 bridgehead atoms. The summed E-state index contributed by atoms with van der Waals surface area (Å²) >= 11 is 0. The molecule has 1 aromatic carbocycles. The van der Waals surface area contributed by atoms with E-state index >= 15 is 0 Å². The van der Waals surface area contributed by atoms with Gasteiger partial charge in [-0.3, -0.25) is 4.79 Å². The molecular formula is C18H28N2O2. The molecule has 0 radical (unpaired) electrons. The first-order valence-electron chi connectivity index (χ1n) is 8.30. The summed E-state index contributed by atoms with van der Waals surface area (Å²) < 4.78 is 5.46. The standard InChI is InChI=1S/C18H28N2O2/c1-2-22-12-11-18(9-6-10-18)14-20-17(21)16(19)13-15-7-4-3-5-8-15/h3-5,7-8,16H,2,6,9-14,19H2,1H3,(H,20,21)/t16-/m0/s1. The highest BCUT2D eigenvalue weighted by atomic mass is 16.5. The molecule has 2 rings (SSSR count). The van der Waals surface area contributed by atoms with Crippen molar-refractivity contribution in [3.05, 3.63) is 35.9 Å². The molecule has 22 heavy (non-hydrogen) atoms. The van der Waals surface area contributed by atoms with Gasteiger partial charge in [-0.25, -0.2) is 0 Å². The topological polar surface area (TPSA) is 64.3 Å². The van der Waals surface area contributed by atoms with Gasteiger partial charge >= 0.3 is 0 Å². The fourth-order valence-corrected chi connectivity index (χ4v) is 2.99. The van der Waals surface area contributed by atoms with Crippen molar-refractivity contribution in [3.8, 4) is 0 Å². The predicted molar refractivity (Wildman–Crippen MR) is 88.5 cm³/mol. The second-order valence-electron chi connectivity index (χ2n) is 6.31. The predicted octanol–water partition coefficient (Wildman–Crippen LogP) is 2.27. The lowest BCUT2D eigenvalue weighted by molar-refractivity contribution is -0.123. The molecule has 0 saturated heterocycles. The summed E-state index contributed by atoms with van der Waals surface area (Å²) in [6, 6.07) is 9.43. The van der Waals surface area contributed by atoms with Gasteiger partial charge in [-0.2, -0.15) is 0 Å². The minimum Gasteiger partial charge on any atom is -0.382 e. The van der Waals surface area contributed by atoms with Crippen molar-refractivity contribution in [1.29, 1.82) is 0 Å². The van der Waals surface area contributed by atoms with E-state index < -0.39 is 6.04 Å². The highest BCUT2D eigenvalue weighted by Crippen LogP contribution is 2.43. The Kier molecular flexibility index (Phi) is 6.40. The summed E-state index contributed by atoms with van der Waals surface area (Å²) in [6.45, 7) is 4.27. The Hall–Kier alpha value is -1.39. The smallest absolute Gasteiger partial charge is 0.237 e. The van der Waals surface area contributed by atoms with Gasteiger partial charge in [0.25, 0.3) is 0 Å². The number of nitrogens with one attached hydrogen (secondary N) is 1. The van der Waals surface area contributed by atoms with E-state index in [9.17, 15) is 4.79 Å². The summed E-state index contributed by atoms with van der Waals surface area (Å²) in [6.07, 6.45) is 5.20. The maximum absolute atomic E-state index is 12.2. The zero-order valence-electron chi connectivity index (χ0n) is 13.5. The third-order valence-corrected chi connectivity index (χ3v) is 4.67. The van der Waals surface area contributed by atoms with Crippen LogP contribution in [0.15, 0.2) is 30.3 Å². The lowest BCUT2D eigenvalue weighted by Crippen LogP contribution is -2.48. The Morgan fingerprint density at radius 3 is 2.68 bits per heavy atom. The van der Waals surface area contributed by atoms with E-state index in [1.54, 1.807) is 0 Å². The average Bonchev–Trinajstić information content (AvgIpc) is 2.49. The maximum atomic E-state index is 12.2. The number of rotatable bonds is 9. The van der Waals surface area contributed by atoms with E-state index in [-0.39, 0.29) is 11.3 Å². The van der Waals surface area contributed by atoms with Gasteiger partial charge < -0.3 is 15.8 Å². The van der Waals surface area contributed by atoms with Crippen molar-refractivity contribution in [1.82, 2.24) is 5.32 Å². The van der Waals surface area contributed by atoms with Crippen molar-refractivity contribution in [2.45, 2.75) is 45.1 Å². The molecule has 1 saturated carbocycles. The highest BCUT2D eigenvalue weighted by molar-refractivity contribution is 5.81. The molecule has 0 heterocycles. The lowest BCUT2D eigenvalue weighted by atomic mass is 9.66. The summed E-state index contributed by atoms with van der Waals surface area (Å²) in [4.78, 5) is 12.2. The first kappa shape index (κ1) is 17.0. The fourth-order valence-electron chi connectivity index (χ4n) is 2.99. The van der Waals surface area contributed by atoms with Gasteiger partial charge in [0.2, 0.25) is 5.91 Å². The van der Waals surface area contributed by atoms with Crippen LogP contribution in [0.1, 0.15) is 38.2 Å². The largest absolute Gasteiger partial charge is 0.382 e. The van der Waals surface area contributed by atoms with Gasteiger partial charge in [-0.15, -0.1) is 0 Å². The molecule has 1 fully saturated rings. The van der Waals surface area contributed by atoms with Crippen LogP contribution >= 0.6 is 0 Å². The Labute approximate surface area is 133 Å². The first-order chi connectivity index (χ1) is 10.7. The molecule has 1 aliphatic carbocycles. The summed E-state index contributed by atoms with van der Waals surface area (Å²) in [7, 11) is 0. The Morgan fingerprint density at radius 1 is 1.36 bits per heavy atom. The Bertz CT molecular complexity index is 457. The molecule has 0 spiro atoms. The number of nitrogens with two attached hydrogens (primary N) is 1. The molecule has 4 heteroatoms. The van der Waals surface area contributed by atoms with Gasteiger partial charge in [0.05, 0.1) is 6.04 Å². The van der Waals surface area contributed by atoms with Gasteiger partial charge in [0.15, 0.2) is 0 Å². The lowest BCUT2D eigenvalue weighted by Gasteiger charge is -2.42. The van der Waals surface area contributed by atoms with E-state index in [1.165, 1.54) is 19.3 Å². The Balaban J connectivity index is 1.76. The van der Waals surface area contributed by atoms with Gasteiger partial charge in [-0.05, 0) is 43.6 Å². The minimum absolute atomic E-state index is 0.0495. The van der Waals surface area contributed by atoms with Crippen LogP contribution in [-0.4, -0.2) is 31.7 Å². The number of hydrogen-bond acceptors (Lipinski definition) is 3. The van der Waals surface area contributed by atoms with E-state index in [4.69, 9.17) is 10.5 Å². The quantitative estimate of drug-likeness (QED) is 0.688. The Morgan fingerprint density at radius 2 is 2.09 bits per heavy atom. The zero-order chi connectivity index (χ0) is 15.8. The number of ether oxygens (including phenoxy) is 1. The van der Waals surface area contributed by atoms with Crippen LogP contribution in [0.25, 0.3) is 0 Å². The summed E-state index contributed by atoms with van der Waals surface area (Å²) in [5.74, 6) is -0.0495. The highest BCUT2D eigenvalue weighted by Gasteiger charge is 2.37. The van der Waals surface area contributed by atoms with Crippen LogP contribution in [0.5, 0.6) is 0 Å². The van der Waals surface area contributed by atoms with Gasteiger partial charge in [0, 0.05) is 19.8 Å². The van der Waals surface area contributed by atoms with E-state index in [1.807, 2.05) is 37.3 Å². The zero-order valence-corrected chi connectivity index (χ0v) is 13.5. The molecule has 1 atom stereocenters. The average molecular weight is 304 g/mol. The van der Waals surface area contributed by atoms with E-state index in [0.29, 0.717) is 6.42 Å². The third-order valence-electron chi connectivity index (χ3n) is 4.67. The van der Waals surface area contributed by atoms with Crippen LogP contribution < -0.4 is 11.1 Å². The second kappa shape index (κ2) is 8.30. The van der Waals surface area contributed by atoms with E-state index in [0.717, 1.165) is 31.7 Å².